The second-order valence-electron chi connectivity index (χ2n) is 14.6. The zero-order valence-electron chi connectivity index (χ0n) is 32.5. The van der Waals surface area contributed by atoms with Crippen molar-refractivity contribution in [3.63, 3.8) is 0 Å². The van der Waals surface area contributed by atoms with Gasteiger partial charge in [0.25, 0.3) is 5.91 Å². The SMILES string of the molecule is COC(=O)[C@H](CCCCNC(=O)C(O)C(O)C(O)C(O)C(=O)C(C)C)NC(=O)[C@@H](CC(=O)[C@H](Cc1ccccc1)NC(=O)CCC(C)C)Cc1ccccc1. The molecular weight excluding hydrogens is 710 g/mol. The Hall–Kier alpha value is -4.50. The number of aliphatic hydroxyl groups is 4. The number of Topliss-reactive ketones (excluding diaryl/α,β-unsaturated/α-hetero) is 2. The van der Waals surface area contributed by atoms with Gasteiger partial charge in [0, 0.05) is 31.2 Å². The zero-order chi connectivity index (χ0) is 41.1. The number of unbranched alkanes of at least 4 members (excludes halogenated alkanes) is 1. The molecule has 0 aromatic heterocycles. The third kappa shape index (κ3) is 16.4. The Bertz CT molecular complexity index is 1520. The molecule has 7 atom stereocenters. The molecule has 0 saturated heterocycles. The van der Waals surface area contributed by atoms with Crippen molar-refractivity contribution < 1.29 is 53.9 Å². The van der Waals surface area contributed by atoms with Gasteiger partial charge in [0.15, 0.2) is 17.7 Å². The number of amides is 3. The van der Waals surface area contributed by atoms with Crippen molar-refractivity contribution in [1.29, 1.82) is 0 Å². The number of hydrogen-bond acceptors (Lipinski definition) is 11. The molecule has 4 unspecified atom stereocenters. The van der Waals surface area contributed by atoms with Gasteiger partial charge in [-0.15, -0.1) is 0 Å². The normalized spacial score (nSPS) is 15.2. The van der Waals surface area contributed by atoms with Crippen molar-refractivity contribution in [3.05, 3.63) is 71.8 Å². The third-order valence-electron chi connectivity index (χ3n) is 9.25. The summed E-state index contributed by atoms with van der Waals surface area (Å²) in [5, 5.41) is 48.4. The van der Waals surface area contributed by atoms with E-state index in [9.17, 15) is 49.2 Å². The first kappa shape index (κ1) is 46.7. The van der Waals surface area contributed by atoms with E-state index in [-0.39, 0.29) is 63.2 Å². The quantitative estimate of drug-likeness (QED) is 0.0567. The van der Waals surface area contributed by atoms with Crippen LogP contribution in [0.2, 0.25) is 0 Å². The summed E-state index contributed by atoms with van der Waals surface area (Å²) in [5.74, 6) is -4.94. The molecule has 2 aromatic carbocycles. The van der Waals surface area contributed by atoms with E-state index in [1.165, 1.54) is 21.0 Å². The Balaban J connectivity index is 2.11. The van der Waals surface area contributed by atoms with Gasteiger partial charge in [-0.3, -0.25) is 24.0 Å². The number of ether oxygens (including phenoxy) is 1. The Morgan fingerprint density at radius 2 is 1.24 bits per heavy atom. The molecule has 0 fully saturated rings. The highest BCUT2D eigenvalue weighted by Crippen LogP contribution is 2.18. The molecule has 0 saturated carbocycles. The molecule has 55 heavy (non-hydrogen) atoms. The smallest absolute Gasteiger partial charge is 0.328 e. The van der Waals surface area contributed by atoms with E-state index in [1.807, 2.05) is 74.5 Å². The fraction of sp³-hybridized carbons (Fsp3) is 0.561. The van der Waals surface area contributed by atoms with Crippen molar-refractivity contribution in [3.8, 4) is 0 Å². The van der Waals surface area contributed by atoms with Crippen molar-refractivity contribution in [1.82, 2.24) is 16.0 Å². The minimum atomic E-state index is -2.14. The Kier molecular flexibility index (Phi) is 20.4. The number of carbonyl (C=O) groups is 6. The van der Waals surface area contributed by atoms with Crippen LogP contribution in [0.1, 0.15) is 77.3 Å². The Labute approximate surface area is 323 Å². The van der Waals surface area contributed by atoms with Crippen molar-refractivity contribution in [2.45, 2.75) is 116 Å². The van der Waals surface area contributed by atoms with Crippen LogP contribution in [-0.4, -0.2) is 106 Å². The number of benzene rings is 2. The van der Waals surface area contributed by atoms with Gasteiger partial charge in [-0.1, -0.05) is 88.4 Å². The van der Waals surface area contributed by atoms with Crippen LogP contribution >= 0.6 is 0 Å². The molecule has 2 rings (SSSR count). The van der Waals surface area contributed by atoms with Gasteiger partial charge < -0.3 is 41.1 Å². The van der Waals surface area contributed by atoms with Gasteiger partial charge in [0.2, 0.25) is 11.8 Å². The van der Waals surface area contributed by atoms with Crippen LogP contribution in [0.25, 0.3) is 0 Å². The number of ketones is 2. The minimum absolute atomic E-state index is 0.0230. The maximum atomic E-state index is 13.9. The van der Waals surface area contributed by atoms with Gasteiger partial charge in [0.05, 0.1) is 13.2 Å². The topological polar surface area (TPSA) is 229 Å². The van der Waals surface area contributed by atoms with E-state index in [4.69, 9.17) is 4.74 Å². The number of rotatable bonds is 25. The molecular formula is C41H59N3O11. The number of aliphatic hydroxyl groups excluding tert-OH is 4. The fourth-order valence-corrected chi connectivity index (χ4v) is 5.83. The summed E-state index contributed by atoms with van der Waals surface area (Å²) in [6.07, 6.45) is -6.61. The van der Waals surface area contributed by atoms with E-state index in [0.717, 1.165) is 11.1 Å². The van der Waals surface area contributed by atoms with Crippen LogP contribution in [0.5, 0.6) is 0 Å². The monoisotopic (exact) mass is 769 g/mol. The lowest BCUT2D eigenvalue weighted by Gasteiger charge is -2.26. The van der Waals surface area contributed by atoms with E-state index in [2.05, 4.69) is 16.0 Å². The highest BCUT2D eigenvalue weighted by Gasteiger charge is 2.38. The summed E-state index contributed by atoms with van der Waals surface area (Å²) < 4.78 is 4.94. The number of hydrogen-bond donors (Lipinski definition) is 7. The first-order chi connectivity index (χ1) is 26.0. The van der Waals surface area contributed by atoms with Crippen LogP contribution in [-0.2, 0) is 46.3 Å². The van der Waals surface area contributed by atoms with Gasteiger partial charge in [0.1, 0.15) is 24.4 Å². The molecule has 0 aliphatic heterocycles. The summed E-state index contributed by atoms with van der Waals surface area (Å²) in [6.45, 7) is 6.95. The molecule has 0 bridgehead atoms. The molecule has 2 aromatic rings. The van der Waals surface area contributed by atoms with Crippen LogP contribution in [0.15, 0.2) is 60.7 Å². The average molecular weight is 770 g/mol. The molecule has 0 aliphatic rings. The molecule has 3 amide bonds. The highest BCUT2D eigenvalue weighted by atomic mass is 16.5. The first-order valence-corrected chi connectivity index (χ1v) is 18.9. The average Bonchev–Trinajstić information content (AvgIpc) is 3.17. The molecule has 0 spiro atoms. The molecule has 7 N–H and O–H groups in total. The zero-order valence-corrected chi connectivity index (χ0v) is 32.5. The van der Waals surface area contributed by atoms with Crippen molar-refractivity contribution in [2.75, 3.05) is 13.7 Å². The summed E-state index contributed by atoms with van der Waals surface area (Å²) in [5.41, 5.74) is 1.64. The lowest BCUT2D eigenvalue weighted by molar-refractivity contribution is -0.155. The highest BCUT2D eigenvalue weighted by molar-refractivity contribution is 5.94. The summed E-state index contributed by atoms with van der Waals surface area (Å²) >= 11 is 0. The maximum absolute atomic E-state index is 13.9. The summed E-state index contributed by atoms with van der Waals surface area (Å²) in [6, 6.07) is 16.4. The lowest BCUT2D eigenvalue weighted by atomic mass is 9.89. The second-order valence-corrected chi connectivity index (χ2v) is 14.6. The van der Waals surface area contributed by atoms with Crippen LogP contribution < -0.4 is 16.0 Å². The summed E-state index contributed by atoms with van der Waals surface area (Å²) in [4.78, 5) is 77.8. The molecule has 14 nitrogen and oxygen atoms in total. The lowest BCUT2D eigenvalue weighted by Crippen LogP contribution is -2.53. The second kappa shape index (κ2) is 24.1. The summed E-state index contributed by atoms with van der Waals surface area (Å²) in [7, 11) is 1.18. The minimum Gasteiger partial charge on any atom is -0.467 e. The molecule has 0 aliphatic carbocycles. The number of methoxy groups -OCH3 is 1. The largest absolute Gasteiger partial charge is 0.467 e. The van der Waals surface area contributed by atoms with Crippen LogP contribution in [0, 0.1) is 17.8 Å². The molecule has 304 valence electrons. The predicted octanol–water partition coefficient (Wildman–Crippen LogP) is 1.58. The molecule has 14 heteroatoms. The first-order valence-electron chi connectivity index (χ1n) is 18.9. The van der Waals surface area contributed by atoms with E-state index >= 15 is 0 Å². The van der Waals surface area contributed by atoms with Gasteiger partial charge in [-0.25, -0.2) is 4.79 Å². The number of carbonyl (C=O) groups excluding carboxylic acids is 6. The van der Waals surface area contributed by atoms with Crippen molar-refractivity contribution >= 4 is 35.3 Å². The Morgan fingerprint density at radius 3 is 1.78 bits per heavy atom. The van der Waals surface area contributed by atoms with Gasteiger partial charge in [-0.2, -0.15) is 0 Å². The number of esters is 1. The molecule has 0 radical (unpaired) electrons. The van der Waals surface area contributed by atoms with Gasteiger partial charge >= 0.3 is 5.97 Å². The molecule has 0 heterocycles. The third-order valence-corrected chi connectivity index (χ3v) is 9.25. The fourth-order valence-electron chi connectivity index (χ4n) is 5.83. The maximum Gasteiger partial charge on any atom is 0.328 e. The van der Waals surface area contributed by atoms with E-state index in [0.29, 0.717) is 12.3 Å². The standard InChI is InChI=1S/C41H59N3O11/c1-25(2)19-20-33(46)43-31(23-28-16-10-7-11-17-28)32(45)24-29(22-27-14-8-6-9-15-27)39(52)44-30(41(54)55-5)18-12-13-21-42-40(53)38(51)37(50)36(49)35(48)34(47)26(3)4/h6-11,14-17,25-26,29-31,35-38,48-51H,12-13,18-24H2,1-5H3,(H,42,53)(H,43,46)(H,44,52)/t29-,30+,31+,35?,36?,37?,38?/m1/s1. The number of nitrogens with one attached hydrogen (secondary N) is 3. The van der Waals surface area contributed by atoms with E-state index < -0.39 is 71.9 Å². The van der Waals surface area contributed by atoms with Crippen LogP contribution in [0.4, 0.5) is 0 Å². The predicted molar refractivity (Wildman–Crippen MR) is 204 cm³/mol. The van der Waals surface area contributed by atoms with Crippen LogP contribution in [0.3, 0.4) is 0 Å². The van der Waals surface area contributed by atoms with E-state index in [1.54, 1.807) is 0 Å². The van der Waals surface area contributed by atoms with Crippen molar-refractivity contribution in [2.24, 2.45) is 17.8 Å². The Morgan fingerprint density at radius 1 is 0.673 bits per heavy atom. The van der Waals surface area contributed by atoms with Gasteiger partial charge in [-0.05, 0) is 55.6 Å².